The summed E-state index contributed by atoms with van der Waals surface area (Å²) in [6, 6.07) is 4.95. The second-order valence-corrected chi connectivity index (χ2v) is 11.3. The van der Waals surface area contributed by atoms with Crippen LogP contribution in [-0.4, -0.2) is 89.2 Å². The Balaban J connectivity index is 3.11. The van der Waals surface area contributed by atoms with Crippen LogP contribution in [0.2, 0.25) is 0 Å². The topological polar surface area (TPSA) is 136 Å². The molecule has 3 N–H and O–H groups in total. The third kappa shape index (κ3) is 10.7. The summed E-state index contributed by atoms with van der Waals surface area (Å²) in [6.45, 7) is 12.1. The van der Waals surface area contributed by atoms with Crippen LogP contribution < -0.4 is 10.6 Å². The third-order valence-electron chi connectivity index (χ3n) is 7.10. The Hall–Kier alpha value is -3.27. The van der Waals surface area contributed by atoms with Gasteiger partial charge in [-0.05, 0) is 44.6 Å². The van der Waals surface area contributed by atoms with Crippen molar-refractivity contribution in [3.63, 3.8) is 0 Å². The van der Waals surface area contributed by atoms with E-state index in [2.05, 4.69) is 10.6 Å². The molecule has 0 saturated heterocycles. The van der Waals surface area contributed by atoms with Gasteiger partial charge < -0.3 is 25.5 Å². The second-order valence-electron chi connectivity index (χ2n) is 11.3. The Morgan fingerprint density at radius 2 is 1.50 bits per heavy atom. The Kier molecular flexibility index (Phi) is 14.0. The summed E-state index contributed by atoms with van der Waals surface area (Å²) in [5, 5.41) is 15.4. The number of aryl methyl sites for hydroxylation is 1. The maximum absolute atomic E-state index is 13.6. The lowest BCUT2D eigenvalue weighted by Crippen LogP contribution is -2.56. The lowest BCUT2D eigenvalue weighted by molar-refractivity contribution is -0.147. The van der Waals surface area contributed by atoms with Crippen LogP contribution in [0.4, 0.5) is 0 Å². The van der Waals surface area contributed by atoms with Crippen molar-refractivity contribution < 1.29 is 29.1 Å². The van der Waals surface area contributed by atoms with E-state index >= 15 is 0 Å². The van der Waals surface area contributed by atoms with Crippen LogP contribution >= 0.6 is 0 Å². The molecule has 10 heteroatoms. The van der Waals surface area contributed by atoms with Crippen LogP contribution in [0.3, 0.4) is 0 Å². The SMILES string of the molecule is CCC(C)[C@H](NC(=O)CN(C)C(=O)[C@@H](Cc1ccc(C)cc1)N(C)C(=O)[C@H](C)NC(=O)[C@H](O)CC(C)C)C(C)=O. The van der Waals surface area contributed by atoms with Crippen molar-refractivity contribution in [2.75, 3.05) is 20.6 Å². The molecule has 0 heterocycles. The number of hydrogen-bond acceptors (Lipinski definition) is 6. The number of hydrogen-bond donors (Lipinski definition) is 3. The molecule has 1 aromatic carbocycles. The van der Waals surface area contributed by atoms with E-state index in [-0.39, 0.29) is 37.0 Å². The number of Topliss-reactive ketones (excluding diaryl/α,β-unsaturated/α-hetero) is 1. The largest absolute Gasteiger partial charge is 0.383 e. The molecule has 1 rings (SSSR count). The summed E-state index contributed by atoms with van der Waals surface area (Å²) in [5.74, 6) is -2.23. The lowest BCUT2D eigenvalue weighted by Gasteiger charge is -2.33. The first-order valence-corrected chi connectivity index (χ1v) is 13.9. The highest BCUT2D eigenvalue weighted by Crippen LogP contribution is 2.14. The van der Waals surface area contributed by atoms with Crippen LogP contribution in [0.25, 0.3) is 0 Å². The Bertz CT molecular complexity index is 1030. The standard InChI is InChI=1S/C30H48N4O6/c1-10-20(5)27(22(7)35)32-26(37)17-33(8)30(40)24(16-23-13-11-19(4)12-14-23)34(9)29(39)21(6)31-28(38)25(36)15-18(2)3/h11-14,18,20-21,24-25,27,36H,10,15-17H2,1-9H3,(H,31,38)(H,32,37)/t20?,21-,24+,25+,27-/m0/s1. The highest BCUT2D eigenvalue weighted by Gasteiger charge is 2.34. The monoisotopic (exact) mass is 560 g/mol. The molecule has 0 spiro atoms. The number of carbonyl (C=O) groups excluding carboxylic acids is 5. The van der Waals surface area contributed by atoms with Gasteiger partial charge in [0, 0.05) is 20.5 Å². The number of nitrogens with one attached hydrogen (secondary N) is 2. The van der Waals surface area contributed by atoms with Gasteiger partial charge in [0.2, 0.25) is 23.6 Å². The number of nitrogens with zero attached hydrogens (tertiary/aromatic N) is 2. The molecule has 0 aliphatic carbocycles. The smallest absolute Gasteiger partial charge is 0.249 e. The number of likely N-dealkylation sites (N-methyl/N-ethyl adjacent to an activating group) is 2. The molecule has 1 aromatic rings. The van der Waals surface area contributed by atoms with Gasteiger partial charge in [-0.1, -0.05) is 63.9 Å². The highest BCUT2D eigenvalue weighted by molar-refractivity contribution is 5.94. The van der Waals surface area contributed by atoms with Gasteiger partial charge in [0.05, 0.1) is 12.6 Å². The number of aliphatic hydroxyl groups excluding tert-OH is 1. The molecule has 5 atom stereocenters. The average Bonchev–Trinajstić information content (AvgIpc) is 2.88. The summed E-state index contributed by atoms with van der Waals surface area (Å²) in [6.07, 6.45) is -0.101. The number of aliphatic hydroxyl groups is 1. The molecule has 0 radical (unpaired) electrons. The van der Waals surface area contributed by atoms with Gasteiger partial charge in [-0.2, -0.15) is 0 Å². The van der Waals surface area contributed by atoms with Gasteiger partial charge in [0.1, 0.15) is 18.2 Å². The van der Waals surface area contributed by atoms with E-state index in [0.29, 0.717) is 6.42 Å². The Labute approximate surface area is 238 Å². The molecule has 224 valence electrons. The average molecular weight is 561 g/mol. The molecule has 4 amide bonds. The minimum Gasteiger partial charge on any atom is -0.383 e. The molecule has 10 nitrogen and oxygen atoms in total. The zero-order chi connectivity index (χ0) is 30.7. The van der Waals surface area contributed by atoms with Crippen molar-refractivity contribution in [1.82, 2.24) is 20.4 Å². The minimum absolute atomic E-state index is 0.0590. The fourth-order valence-corrected chi connectivity index (χ4v) is 4.37. The summed E-state index contributed by atoms with van der Waals surface area (Å²) < 4.78 is 0. The number of ketones is 1. The van der Waals surface area contributed by atoms with Crippen LogP contribution in [0, 0.1) is 18.8 Å². The molecule has 0 fully saturated rings. The van der Waals surface area contributed by atoms with Gasteiger partial charge in [-0.25, -0.2) is 0 Å². The van der Waals surface area contributed by atoms with Gasteiger partial charge in [0.15, 0.2) is 5.78 Å². The molecular weight excluding hydrogens is 512 g/mol. The first-order chi connectivity index (χ1) is 18.6. The van der Waals surface area contributed by atoms with Gasteiger partial charge >= 0.3 is 0 Å². The van der Waals surface area contributed by atoms with E-state index in [4.69, 9.17) is 0 Å². The van der Waals surface area contributed by atoms with Crippen molar-refractivity contribution in [2.45, 2.75) is 92.0 Å². The van der Waals surface area contributed by atoms with Crippen molar-refractivity contribution in [1.29, 1.82) is 0 Å². The summed E-state index contributed by atoms with van der Waals surface area (Å²) in [4.78, 5) is 66.7. The Morgan fingerprint density at radius 1 is 0.925 bits per heavy atom. The van der Waals surface area contributed by atoms with Gasteiger partial charge in [0.25, 0.3) is 0 Å². The fourth-order valence-electron chi connectivity index (χ4n) is 4.37. The maximum atomic E-state index is 13.6. The minimum atomic E-state index is -1.25. The maximum Gasteiger partial charge on any atom is 0.249 e. The third-order valence-corrected chi connectivity index (χ3v) is 7.10. The predicted molar refractivity (Wildman–Crippen MR) is 154 cm³/mol. The number of rotatable bonds is 15. The van der Waals surface area contributed by atoms with E-state index in [1.807, 2.05) is 58.9 Å². The van der Waals surface area contributed by atoms with E-state index in [0.717, 1.165) is 11.1 Å². The number of amides is 4. The van der Waals surface area contributed by atoms with Crippen molar-refractivity contribution in [2.24, 2.45) is 11.8 Å². The van der Waals surface area contributed by atoms with Crippen LogP contribution in [0.1, 0.15) is 65.5 Å². The van der Waals surface area contributed by atoms with Crippen LogP contribution in [0.15, 0.2) is 24.3 Å². The molecule has 0 aliphatic heterocycles. The summed E-state index contributed by atoms with van der Waals surface area (Å²) in [7, 11) is 2.96. The van der Waals surface area contributed by atoms with Crippen molar-refractivity contribution >= 4 is 29.4 Å². The molecule has 40 heavy (non-hydrogen) atoms. The highest BCUT2D eigenvalue weighted by atomic mass is 16.3. The molecule has 0 bridgehead atoms. The first kappa shape index (κ1) is 34.8. The molecule has 0 saturated carbocycles. The van der Waals surface area contributed by atoms with E-state index in [1.54, 1.807) is 0 Å². The zero-order valence-electron chi connectivity index (χ0n) is 25.5. The first-order valence-electron chi connectivity index (χ1n) is 13.9. The molecule has 1 unspecified atom stereocenters. The van der Waals surface area contributed by atoms with Gasteiger partial charge in [-0.3, -0.25) is 24.0 Å². The van der Waals surface area contributed by atoms with Crippen LogP contribution in [-0.2, 0) is 30.4 Å². The number of benzene rings is 1. The van der Waals surface area contributed by atoms with E-state index in [9.17, 15) is 29.1 Å². The van der Waals surface area contributed by atoms with E-state index in [1.165, 1.54) is 37.7 Å². The quantitative estimate of drug-likeness (QED) is 0.300. The van der Waals surface area contributed by atoms with Crippen LogP contribution in [0.5, 0.6) is 0 Å². The molecular formula is C30H48N4O6. The number of carbonyl (C=O) groups is 5. The molecule has 0 aromatic heterocycles. The van der Waals surface area contributed by atoms with Crippen molar-refractivity contribution in [3.05, 3.63) is 35.4 Å². The fraction of sp³-hybridized carbons (Fsp3) is 0.633. The summed E-state index contributed by atoms with van der Waals surface area (Å²) >= 11 is 0. The molecule has 0 aliphatic rings. The lowest BCUT2D eigenvalue weighted by atomic mass is 9.96. The summed E-state index contributed by atoms with van der Waals surface area (Å²) in [5.41, 5.74) is 1.86. The Morgan fingerprint density at radius 3 is 2.00 bits per heavy atom. The van der Waals surface area contributed by atoms with E-state index < -0.39 is 47.9 Å². The predicted octanol–water partition coefficient (Wildman–Crippen LogP) is 1.85. The second kappa shape index (κ2) is 16.1. The normalized spacial score (nSPS) is 14.9. The van der Waals surface area contributed by atoms with Gasteiger partial charge in [-0.15, -0.1) is 0 Å². The zero-order valence-corrected chi connectivity index (χ0v) is 25.5. The van der Waals surface area contributed by atoms with Crippen molar-refractivity contribution in [3.8, 4) is 0 Å².